The second-order valence-electron chi connectivity index (χ2n) is 5.10. The topological polar surface area (TPSA) is 17.1 Å². The fourth-order valence-corrected chi connectivity index (χ4v) is 4.47. The van der Waals surface area contributed by atoms with E-state index in [-0.39, 0.29) is 5.92 Å². The van der Waals surface area contributed by atoms with Crippen molar-refractivity contribution in [2.24, 2.45) is 11.8 Å². The van der Waals surface area contributed by atoms with Crippen LogP contribution in [0.4, 0.5) is 0 Å². The van der Waals surface area contributed by atoms with Gasteiger partial charge in [0.2, 0.25) is 0 Å². The van der Waals surface area contributed by atoms with Gasteiger partial charge in [0.05, 0.1) is 0 Å². The van der Waals surface area contributed by atoms with Crippen LogP contribution in [0.15, 0.2) is 24.3 Å². The van der Waals surface area contributed by atoms with Gasteiger partial charge in [0, 0.05) is 21.1 Å². The molecule has 4 atom stereocenters. The predicted octanol–water partition coefficient (Wildman–Crippen LogP) is 3.98. The summed E-state index contributed by atoms with van der Waals surface area (Å²) in [5.41, 5.74) is 2.20. The zero-order valence-corrected chi connectivity index (χ0v) is 12.6. The molecule has 3 rings (SSSR count). The van der Waals surface area contributed by atoms with E-state index in [1.807, 2.05) is 18.2 Å². The van der Waals surface area contributed by atoms with Gasteiger partial charge in [0.1, 0.15) is 0 Å². The number of carbonyl (C=O) groups excluding carboxylic acids is 1. The van der Waals surface area contributed by atoms with E-state index in [4.69, 9.17) is 0 Å². The van der Waals surface area contributed by atoms with E-state index in [2.05, 4.69) is 37.9 Å². The van der Waals surface area contributed by atoms with Gasteiger partial charge >= 0.3 is 0 Å². The molecule has 0 unspecified atom stereocenters. The Hall–Kier alpha value is -0.150. The van der Waals surface area contributed by atoms with E-state index >= 15 is 0 Å². The smallest absolute Gasteiger partial charge is 0.166 e. The number of rotatable bonds is 0. The molecule has 0 radical (unpaired) electrons. The lowest BCUT2D eigenvalue weighted by molar-refractivity contribution is 0.0810. The normalized spacial score (nSPS) is 36.2. The molecule has 1 aromatic rings. The monoisotopic (exact) mass is 356 g/mol. The molecule has 1 fully saturated rings. The summed E-state index contributed by atoms with van der Waals surface area (Å²) in [6.07, 6.45) is 3.13. The van der Waals surface area contributed by atoms with E-state index < -0.39 is 0 Å². The summed E-state index contributed by atoms with van der Waals surface area (Å²) in [6, 6.07) is 8.09. The van der Waals surface area contributed by atoms with Crippen molar-refractivity contribution in [2.75, 3.05) is 0 Å². The standard InChI is InChI=1S/C14H14Br2O/c15-12-6-9-5-8-3-1-2-4-10(8)14(17)11(9)7-13(12)16/h1-4,9,11-13H,5-7H2/t9-,11+,12+,13+/m1/s1. The average Bonchev–Trinajstić information content (AvgIpc) is 2.32. The fraction of sp³-hybridized carbons (Fsp3) is 0.500. The molecule has 3 heteroatoms. The number of Topliss-reactive ketones (excluding diaryl/α,β-unsaturated/α-hetero) is 1. The number of hydrogen-bond acceptors (Lipinski definition) is 1. The highest BCUT2D eigenvalue weighted by atomic mass is 79.9. The van der Waals surface area contributed by atoms with Gasteiger partial charge in [-0.25, -0.2) is 0 Å². The largest absolute Gasteiger partial charge is 0.294 e. The fourth-order valence-electron chi connectivity index (χ4n) is 3.15. The predicted molar refractivity (Wildman–Crippen MR) is 76.1 cm³/mol. The molecular formula is C14H14Br2O. The number of carbonyl (C=O) groups is 1. The Bertz CT molecular complexity index is 457. The molecule has 0 N–H and O–H groups in total. The Balaban J connectivity index is 1.97. The maximum absolute atomic E-state index is 12.5. The second kappa shape index (κ2) is 4.51. The Morgan fingerprint density at radius 3 is 2.59 bits per heavy atom. The number of hydrogen-bond donors (Lipinski definition) is 0. The Morgan fingerprint density at radius 1 is 1.06 bits per heavy atom. The SMILES string of the molecule is O=C1c2ccccc2C[C@@H]2C[C@H](Br)[C@@H](Br)C[C@H]12. The quantitative estimate of drug-likeness (QED) is 0.642. The molecule has 2 aliphatic carbocycles. The first-order valence-electron chi connectivity index (χ1n) is 6.07. The van der Waals surface area contributed by atoms with Crippen LogP contribution in [-0.4, -0.2) is 15.4 Å². The van der Waals surface area contributed by atoms with E-state index in [9.17, 15) is 4.79 Å². The van der Waals surface area contributed by atoms with Gasteiger partial charge in [0.25, 0.3) is 0 Å². The van der Waals surface area contributed by atoms with E-state index in [0.717, 1.165) is 24.8 Å². The second-order valence-corrected chi connectivity index (χ2v) is 7.45. The zero-order valence-electron chi connectivity index (χ0n) is 9.40. The summed E-state index contributed by atoms with van der Waals surface area (Å²) >= 11 is 7.40. The molecule has 0 spiro atoms. The maximum Gasteiger partial charge on any atom is 0.166 e. The van der Waals surface area contributed by atoms with Crippen LogP contribution >= 0.6 is 31.9 Å². The number of ketones is 1. The van der Waals surface area contributed by atoms with Crippen LogP contribution in [0, 0.1) is 11.8 Å². The van der Waals surface area contributed by atoms with E-state index in [1.165, 1.54) is 5.56 Å². The Kier molecular flexibility index (Phi) is 3.16. The third-order valence-electron chi connectivity index (χ3n) is 4.07. The zero-order chi connectivity index (χ0) is 12.0. The molecule has 17 heavy (non-hydrogen) atoms. The van der Waals surface area contributed by atoms with Gasteiger partial charge in [-0.3, -0.25) is 4.79 Å². The summed E-state index contributed by atoms with van der Waals surface area (Å²) in [6.45, 7) is 0. The molecule has 1 nitrogen and oxygen atoms in total. The number of alkyl halides is 2. The first-order chi connectivity index (χ1) is 8.16. The van der Waals surface area contributed by atoms with Crippen LogP contribution < -0.4 is 0 Å². The van der Waals surface area contributed by atoms with Crippen molar-refractivity contribution in [3.05, 3.63) is 35.4 Å². The summed E-state index contributed by atoms with van der Waals surface area (Å²) < 4.78 is 0. The van der Waals surface area contributed by atoms with Crippen LogP contribution in [0.1, 0.15) is 28.8 Å². The molecule has 90 valence electrons. The average molecular weight is 358 g/mol. The molecule has 0 bridgehead atoms. The molecule has 0 aromatic heterocycles. The van der Waals surface area contributed by atoms with Crippen LogP contribution in [-0.2, 0) is 6.42 Å². The van der Waals surface area contributed by atoms with Gasteiger partial charge in [-0.05, 0) is 30.7 Å². The summed E-state index contributed by atoms with van der Waals surface area (Å²) in [5.74, 6) is 1.11. The first kappa shape index (κ1) is 11.9. The highest BCUT2D eigenvalue weighted by molar-refractivity contribution is 9.12. The van der Waals surface area contributed by atoms with Crippen molar-refractivity contribution in [3.8, 4) is 0 Å². The minimum absolute atomic E-state index is 0.225. The molecule has 0 amide bonds. The molecule has 1 saturated carbocycles. The van der Waals surface area contributed by atoms with Crippen molar-refractivity contribution in [1.82, 2.24) is 0 Å². The van der Waals surface area contributed by atoms with Crippen LogP contribution in [0.5, 0.6) is 0 Å². The lowest BCUT2D eigenvalue weighted by Crippen LogP contribution is -2.41. The van der Waals surface area contributed by atoms with Crippen LogP contribution in [0.2, 0.25) is 0 Å². The maximum atomic E-state index is 12.5. The molecule has 0 aliphatic heterocycles. The molecular weight excluding hydrogens is 344 g/mol. The van der Waals surface area contributed by atoms with Crippen molar-refractivity contribution < 1.29 is 4.79 Å². The summed E-state index contributed by atoms with van der Waals surface area (Å²) in [5, 5.41) is 0. The van der Waals surface area contributed by atoms with Gasteiger partial charge in [-0.15, -0.1) is 0 Å². The number of halogens is 2. The van der Waals surface area contributed by atoms with Gasteiger partial charge in [-0.2, -0.15) is 0 Å². The highest BCUT2D eigenvalue weighted by Gasteiger charge is 2.42. The van der Waals surface area contributed by atoms with E-state index in [1.54, 1.807) is 0 Å². The first-order valence-corrected chi connectivity index (χ1v) is 7.90. The van der Waals surface area contributed by atoms with Crippen molar-refractivity contribution in [1.29, 1.82) is 0 Å². The third kappa shape index (κ3) is 2.01. The molecule has 1 aromatic carbocycles. The minimum atomic E-state index is 0.225. The minimum Gasteiger partial charge on any atom is -0.294 e. The summed E-state index contributed by atoms with van der Waals surface area (Å²) in [7, 11) is 0. The van der Waals surface area contributed by atoms with E-state index in [0.29, 0.717) is 21.4 Å². The Morgan fingerprint density at radius 2 is 1.76 bits per heavy atom. The molecule has 0 heterocycles. The number of fused-ring (bicyclic) bond motifs is 2. The van der Waals surface area contributed by atoms with Crippen molar-refractivity contribution in [3.63, 3.8) is 0 Å². The van der Waals surface area contributed by atoms with Crippen molar-refractivity contribution >= 4 is 37.6 Å². The van der Waals surface area contributed by atoms with Gasteiger partial charge < -0.3 is 0 Å². The van der Waals surface area contributed by atoms with Crippen molar-refractivity contribution in [2.45, 2.75) is 28.9 Å². The third-order valence-corrected chi connectivity index (χ3v) is 6.80. The number of benzene rings is 1. The highest BCUT2D eigenvalue weighted by Crippen LogP contribution is 2.43. The molecule has 2 aliphatic rings. The van der Waals surface area contributed by atoms with Crippen LogP contribution in [0.3, 0.4) is 0 Å². The lowest BCUT2D eigenvalue weighted by Gasteiger charge is -2.39. The lowest BCUT2D eigenvalue weighted by atomic mass is 9.68. The summed E-state index contributed by atoms with van der Waals surface area (Å²) in [4.78, 5) is 13.4. The van der Waals surface area contributed by atoms with Crippen LogP contribution in [0.25, 0.3) is 0 Å². The van der Waals surface area contributed by atoms with Gasteiger partial charge in [-0.1, -0.05) is 56.1 Å². The molecule has 0 saturated heterocycles. The van der Waals surface area contributed by atoms with Gasteiger partial charge in [0.15, 0.2) is 5.78 Å². The Labute approximate surface area is 118 Å².